The molecule has 1 aliphatic carbocycles. The highest BCUT2D eigenvalue weighted by atomic mass is 16.3. The van der Waals surface area contributed by atoms with Crippen LogP contribution in [0.4, 0.5) is 17.3 Å². The molecule has 4 aromatic heterocycles. The van der Waals surface area contributed by atoms with Crippen LogP contribution in [0.1, 0.15) is 45.8 Å². The summed E-state index contributed by atoms with van der Waals surface area (Å²) >= 11 is 0. The molecule has 6 heterocycles. The van der Waals surface area contributed by atoms with Crippen molar-refractivity contribution in [3.63, 3.8) is 0 Å². The summed E-state index contributed by atoms with van der Waals surface area (Å²) in [5.74, 6) is 0.976. The summed E-state index contributed by atoms with van der Waals surface area (Å²) in [6.45, 7) is 3.41. The van der Waals surface area contributed by atoms with Crippen LogP contribution >= 0.6 is 0 Å². The first kappa shape index (κ1) is 25.7. The number of anilines is 3. The third kappa shape index (κ3) is 4.36. The summed E-state index contributed by atoms with van der Waals surface area (Å²) in [5.41, 5.74) is 6.55. The van der Waals surface area contributed by atoms with E-state index >= 15 is 0 Å². The fourth-order valence-electron chi connectivity index (χ4n) is 6.52. The number of aliphatic hydroxyl groups excluding tert-OH is 1. The normalized spacial score (nSPS) is 16.9. The summed E-state index contributed by atoms with van der Waals surface area (Å²) in [6, 6.07) is 7.62. The Labute approximate surface area is 237 Å². The Balaban J connectivity index is 1.24. The molecule has 41 heavy (non-hydrogen) atoms. The van der Waals surface area contributed by atoms with Crippen LogP contribution in [0.3, 0.4) is 0 Å². The molecule has 11 nitrogen and oxygen atoms in total. The Morgan fingerprint density at radius 3 is 2.73 bits per heavy atom. The average molecular weight is 555 g/mol. The second-order valence-corrected chi connectivity index (χ2v) is 11.3. The molecule has 0 radical (unpaired) electrons. The van der Waals surface area contributed by atoms with Crippen LogP contribution in [0.2, 0.25) is 0 Å². The number of nitrogens with one attached hydrogen (secondary N) is 1. The van der Waals surface area contributed by atoms with Gasteiger partial charge in [0.2, 0.25) is 0 Å². The minimum atomic E-state index is -0.299. The number of aliphatic hydroxyl groups is 1. The molecule has 0 saturated carbocycles. The molecule has 0 atom stereocenters. The van der Waals surface area contributed by atoms with E-state index in [1.807, 2.05) is 22.9 Å². The van der Waals surface area contributed by atoms with Crippen LogP contribution in [-0.4, -0.2) is 59.9 Å². The molecule has 0 spiro atoms. The number of amides is 1. The highest BCUT2D eigenvalue weighted by Crippen LogP contribution is 2.34. The van der Waals surface area contributed by atoms with Gasteiger partial charge in [-0.3, -0.25) is 24.1 Å². The van der Waals surface area contributed by atoms with Gasteiger partial charge in [0.25, 0.3) is 11.5 Å². The lowest BCUT2D eigenvalue weighted by Gasteiger charge is -2.30. The first-order chi connectivity index (χ1) is 19.9. The van der Waals surface area contributed by atoms with Gasteiger partial charge in [-0.25, -0.2) is 4.98 Å². The number of carbonyl (C=O) groups is 1. The molecule has 0 fully saturated rings. The molecule has 3 aliphatic rings. The minimum absolute atomic E-state index is 0.0952. The van der Waals surface area contributed by atoms with Gasteiger partial charge in [-0.15, -0.1) is 0 Å². The molecule has 0 bridgehead atoms. The number of aromatic nitrogens is 5. The van der Waals surface area contributed by atoms with Crippen LogP contribution in [0.15, 0.2) is 41.5 Å². The van der Waals surface area contributed by atoms with Gasteiger partial charge in [0, 0.05) is 68.5 Å². The van der Waals surface area contributed by atoms with E-state index in [2.05, 4.69) is 31.9 Å². The molecule has 1 amide bonds. The zero-order valence-electron chi connectivity index (χ0n) is 23.4. The molecule has 11 heteroatoms. The van der Waals surface area contributed by atoms with Crippen molar-refractivity contribution in [3.8, 4) is 11.1 Å². The monoisotopic (exact) mass is 554 g/mol. The first-order valence-corrected chi connectivity index (χ1v) is 14.3. The van der Waals surface area contributed by atoms with Gasteiger partial charge in [0.15, 0.2) is 5.82 Å². The summed E-state index contributed by atoms with van der Waals surface area (Å²) < 4.78 is 5.66. The van der Waals surface area contributed by atoms with E-state index in [4.69, 9.17) is 0 Å². The SMILES string of the molecule is CN1CCn2nc(Nc3cc(-c4ccnc(N5CCn6c(cc7c6CCCC7)C5=O)c4CO)cn(C)c3=O)cc2C1. The van der Waals surface area contributed by atoms with Gasteiger partial charge < -0.3 is 19.6 Å². The van der Waals surface area contributed by atoms with Crippen molar-refractivity contribution >= 4 is 23.2 Å². The number of rotatable bonds is 5. The van der Waals surface area contributed by atoms with Crippen molar-refractivity contribution in [2.45, 2.75) is 51.9 Å². The Kier molecular flexibility index (Phi) is 6.28. The third-order valence-corrected chi connectivity index (χ3v) is 8.61. The van der Waals surface area contributed by atoms with E-state index < -0.39 is 0 Å². The van der Waals surface area contributed by atoms with Gasteiger partial charge in [0.05, 0.1) is 18.8 Å². The average Bonchev–Trinajstić information content (AvgIpc) is 3.56. The molecule has 2 N–H and O–H groups in total. The Bertz CT molecular complexity index is 1730. The van der Waals surface area contributed by atoms with Gasteiger partial charge in [-0.05, 0) is 62.1 Å². The highest BCUT2D eigenvalue weighted by Gasteiger charge is 2.32. The molecule has 0 aromatic carbocycles. The lowest BCUT2D eigenvalue weighted by atomic mass is 9.98. The zero-order chi connectivity index (χ0) is 28.2. The first-order valence-electron chi connectivity index (χ1n) is 14.3. The summed E-state index contributed by atoms with van der Waals surface area (Å²) in [7, 11) is 3.78. The fourth-order valence-corrected chi connectivity index (χ4v) is 6.52. The standard InChI is InChI=1S/C30H34N8O3/c1-34-9-12-38-21(17-34)15-27(33-38)32-24-13-20(16-35(2)29(24)40)22-7-8-31-28(23(22)18-39)37-11-10-36-25-6-4-3-5-19(25)14-26(36)30(37)41/h7-8,13-16,39H,3-6,9-12,17-18H2,1-2H3,(H,32,33). The van der Waals surface area contributed by atoms with E-state index in [1.165, 1.54) is 15.8 Å². The third-order valence-electron chi connectivity index (χ3n) is 8.61. The number of aryl methyl sites for hydroxylation is 2. The largest absolute Gasteiger partial charge is 0.392 e. The van der Waals surface area contributed by atoms with E-state index in [0.717, 1.165) is 62.1 Å². The Morgan fingerprint density at radius 1 is 1.02 bits per heavy atom. The molecular weight excluding hydrogens is 520 g/mol. The maximum Gasteiger partial charge on any atom is 0.276 e. The molecule has 212 valence electrons. The number of likely N-dealkylation sites (N-methyl/N-ethyl adjacent to an activating group) is 1. The van der Waals surface area contributed by atoms with Crippen LogP contribution in [0.25, 0.3) is 11.1 Å². The maximum atomic E-state index is 13.7. The lowest BCUT2D eigenvalue weighted by Crippen LogP contribution is -2.41. The van der Waals surface area contributed by atoms with E-state index in [1.54, 1.807) is 30.4 Å². The minimum Gasteiger partial charge on any atom is -0.392 e. The van der Waals surface area contributed by atoms with Gasteiger partial charge >= 0.3 is 0 Å². The van der Waals surface area contributed by atoms with Crippen molar-refractivity contribution in [3.05, 3.63) is 75.2 Å². The van der Waals surface area contributed by atoms with Gasteiger partial charge in [-0.2, -0.15) is 5.10 Å². The zero-order valence-corrected chi connectivity index (χ0v) is 23.4. The van der Waals surface area contributed by atoms with Gasteiger partial charge in [-0.1, -0.05) is 0 Å². The second-order valence-electron chi connectivity index (χ2n) is 11.3. The van der Waals surface area contributed by atoms with Crippen LogP contribution in [-0.2, 0) is 46.1 Å². The summed E-state index contributed by atoms with van der Waals surface area (Å²) in [6.07, 6.45) is 7.75. The number of nitrogens with zero attached hydrogens (tertiary/aromatic N) is 7. The van der Waals surface area contributed by atoms with Crippen molar-refractivity contribution in [2.24, 2.45) is 7.05 Å². The number of pyridine rings is 2. The molecule has 0 saturated heterocycles. The lowest BCUT2D eigenvalue weighted by molar-refractivity contribution is 0.0963. The second kappa shape index (κ2) is 10.0. The van der Waals surface area contributed by atoms with Gasteiger partial charge in [0.1, 0.15) is 17.2 Å². The van der Waals surface area contributed by atoms with E-state index in [0.29, 0.717) is 41.7 Å². The van der Waals surface area contributed by atoms with Crippen LogP contribution in [0, 0.1) is 0 Å². The molecule has 2 aliphatic heterocycles. The quantitative estimate of drug-likeness (QED) is 0.390. The van der Waals surface area contributed by atoms with Crippen molar-refractivity contribution in [2.75, 3.05) is 30.4 Å². The smallest absolute Gasteiger partial charge is 0.276 e. The fraction of sp³-hybridized carbons (Fsp3) is 0.400. The maximum absolute atomic E-state index is 13.7. The number of hydrogen-bond acceptors (Lipinski definition) is 7. The highest BCUT2D eigenvalue weighted by molar-refractivity contribution is 6.06. The topological polar surface area (TPSA) is 113 Å². The molecule has 4 aromatic rings. The van der Waals surface area contributed by atoms with Crippen LogP contribution < -0.4 is 15.8 Å². The molecule has 0 unspecified atom stereocenters. The van der Waals surface area contributed by atoms with Crippen molar-refractivity contribution in [1.82, 2.24) is 28.8 Å². The van der Waals surface area contributed by atoms with Crippen LogP contribution in [0.5, 0.6) is 0 Å². The Morgan fingerprint density at radius 2 is 1.88 bits per heavy atom. The number of fused-ring (bicyclic) bond motifs is 4. The molecular formula is C30H34N8O3. The summed E-state index contributed by atoms with van der Waals surface area (Å²) in [5, 5.41) is 18.4. The Hall–Kier alpha value is -4.22. The molecule has 7 rings (SSSR count). The van der Waals surface area contributed by atoms with Crippen molar-refractivity contribution < 1.29 is 9.90 Å². The van der Waals surface area contributed by atoms with E-state index in [-0.39, 0.29) is 18.1 Å². The summed E-state index contributed by atoms with van der Waals surface area (Å²) in [4.78, 5) is 35.3. The van der Waals surface area contributed by atoms with Crippen molar-refractivity contribution in [1.29, 1.82) is 0 Å². The van der Waals surface area contributed by atoms with E-state index in [9.17, 15) is 14.7 Å². The number of carbonyl (C=O) groups excluding carboxylic acids is 1. The predicted molar refractivity (Wildman–Crippen MR) is 155 cm³/mol. The predicted octanol–water partition coefficient (Wildman–Crippen LogP) is 2.67. The number of hydrogen-bond donors (Lipinski definition) is 2.